The van der Waals surface area contributed by atoms with Crippen molar-refractivity contribution in [3.05, 3.63) is 45.7 Å². The number of ether oxygens (including phenoxy) is 1. The third-order valence-corrected chi connectivity index (χ3v) is 2.73. The van der Waals surface area contributed by atoms with Crippen LogP contribution in [0.1, 0.15) is 0 Å². The first-order valence-electron chi connectivity index (χ1n) is 4.14. The molecule has 0 spiro atoms. The predicted octanol–water partition coefficient (Wildman–Crippen LogP) is 3.79. The van der Waals surface area contributed by atoms with Crippen LogP contribution in [0, 0.1) is 0 Å². The van der Waals surface area contributed by atoms with E-state index in [1.165, 1.54) is 6.33 Å². The van der Waals surface area contributed by atoms with Crippen LogP contribution >= 0.6 is 31.9 Å². The standard InChI is InChI=1S/C10H6Br2N2O/c11-7-1-3-8(4-2-7)15-10-9(12)5-13-6-14-10/h1-6H. The molecular formula is C10H6Br2N2O. The van der Waals surface area contributed by atoms with Crippen LogP contribution in [0.25, 0.3) is 0 Å². The van der Waals surface area contributed by atoms with Crippen LogP contribution in [0.3, 0.4) is 0 Å². The second kappa shape index (κ2) is 4.72. The van der Waals surface area contributed by atoms with E-state index < -0.39 is 0 Å². The molecule has 0 saturated heterocycles. The molecule has 0 saturated carbocycles. The van der Waals surface area contributed by atoms with E-state index in [0.29, 0.717) is 5.88 Å². The molecule has 0 bridgehead atoms. The van der Waals surface area contributed by atoms with Gasteiger partial charge in [0, 0.05) is 10.7 Å². The molecule has 15 heavy (non-hydrogen) atoms. The van der Waals surface area contributed by atoms with Crippen LogP contribution in [0.15, 0.2) is 45.7 Å². The Kier molecular flexibility index (Phi) is 3.33. The summed E-state index contributed by atoms with van der Waals surface area (Å²) >= 11 is 6.66. The van der Waals surface area contributed by atoms with Crippen molar-refractivity contribution in [1.29, 1.82) is 0 Å². The van der Waals surface area contributed by atoms with Crippen molar-refractivity contribution >= 4 is 31.9 Å². The molecule has 0 aliphatic rings. The van der Waals surface area contributed by atoms with Crippen LogP contribution in [0.4, 0.5) is 0 Å². The number of hydrogen-bond donors (Lipinski definition) is 0. The number of hydrogen-bond acceptors (Lipinski definition) is 3. The van der Waals surface area contributed by atoms with Gasteiger partial charge in [-0.1, -0.05) is 15.9 Å². The molecule has 2 aromatic rings. The van der Waals surface area contributed by atoms with Gasteiger partial charge in [-0.15, -0.1) is 0 Å². The maximum absolute atomic E-state index is 5.55. The lowest BCUT2D eigenvalue weighted by atomic mass is 10.3. The molecule has 3 nitrogen and oxygen atoms in total. The van der Waals surface area contributed by atoms with E-state index in [2.05, 4.69) is 41.8 Å². The topological polar surface area (TPSA) is 35.0 Å². The smallest absolute Gasteiger partial charge is 0.236 e. The van der Waals surface area contributed by atoms with Crippen LogP contribution in [0.5, 0.6) is 11.6 Å². The summed E-state index contributed by atoms with van der Waals surface area (Å²) in [6.45, 7) is 0. The van der Waals surface area contributed by atoms with E-state index >= 15 is 0 Å². The molecule has 0 unspecified atom stereocenters. The molecule has 0 aliphatic heterocycles. The molecule has 0 radical (unpaired) electrons. The highest BCUT2D eigenvalue weighted by Gasteiger charge is 2.03. The van der Waals surface area contributed by atoms with Crippen LogP contribution < -0.4 is 4.74 Å². The molecule has 1 aromatic carbocycles. The Bertz CT molecular complexity index is 459. The fourth-order valence-electron chi connectivity index (χ4n) is 0.991. The van der Waals surface area contributed by atoms with Gasteiger partial charge in [-0.2, -0.15) is 0 Å². The Labute approximate surface area is 104 Å². The molecule has 0 atom stereocenters. The lowest BCUT2D eigenvalue weighted by Gasteiger charge is -2.05. The van der Waals surface area contributed by atoms with E-state index in [0.717, 1.165) is 14.7 Å². The Balaban J connectivity index is 2.22. The second-order valence-corrected chi connectivity index (χ2v) is 4.50. The van der Waals surface area contributed by atoms with Gasteiger partial charge in [-0.05, 0) is 40.2 Å². The molecule has 0 aliphatic carbocycles. The fourth-order valence-corrected chi connectivity index (χ4v) is 1.56. The molecule has 76 valence electrons. The molecule has 0 amide bonds. The lowest BCUT2D eigenvalue weighted by molar-refractivity contribution is 0.458. The predicted molar refractivity (Wildman–Crippen MR) is 63.9 cm³/mol. The first kappa shape index (κ1) is 10.6. The van der Waals surface area contributed by atoms with E-state index in [1.807, 2.05) is 24.3 Å². The molecular weight excluding hydrogens is 324 g/mol. The first-order valence-corrected chi connectivity index (χ1v) is 5.73. The number of rotatable bonds is 2. The number of halogens is 2. The summed E-state index contributed by atoms with van der Waals surface area (Å²) in [5, 5.41) is 0. The first-order chi connectivity index (χ1) is 7.25. The highest BCUT2D eigenvalue weighted by atomic mass is 79.9. The highest BCUT2D eigenvalue weighted by molar-refractivity contribution is 9.10. The van der Waals surface area contributed by atoms with Crippen molar-refractivity contribution in [2.75, 3.05) is 0 Å². The van der Waals surface area contributed by atoms with Crippen LogP contribution in [-0.2, 0) is 0 Å². The van der Waals surface area contributed by atoms with Crippen LogP contribution in [0.2, 0.25) is 0 Å². The van der Waals surface area contributed by atoms with Gasteiger partial charge in [0.05, 0.1) is 4.47 Å². The lowest BCUT2D eigenvalue weighted by Crippen LogP contribution is -1.89. The summed E-state index contributed by atoms with van der Waals surface area (Å²) in [6, 6.07) is 7.53. The summed E-state index contributed by atoms with van der Waals surface area (Å²) in [7, 11) is 0. The van der Waals surface area contributed by atoms with Crippen molar-refractivity contribution in [2.24, 2.45) is 0 Å². The van der Waals surface area contributed by atoms with E-state index in [-0.39, 0.29) is 0 Å². The van der Waals surface area contributed by atoms with Gasteiger partial charge < -0.3 is 4.74 Å². The molecule has 2 rings (SSSR count). The maximum Gasteiger partial charge on any atom is 0.236 e. The van der Waals surface area contributed by atoms with Crippen molar-refractivity contribution in [1.82, 2.24) is 9.97 Å². The molecule has 0 N–H and O–H groups in total. The molecule has 5 heteroatoms. The summed E-state index contributed by atoms with van der Waals surface area (Å²) in [4.78, 5) is 7.86. The Hall–Kier alpha value is -0.940. The van der Waals surface area contributed by atoms with Gasteiger partial charge in [0.2, 0.25) is 5.88 Å². The summed E-state index contributed by atoms with van der Waals surface area (Å²) in [5.74, 6) is 1.24. The third-order valence-electron chi connectivity index (χ3n) is 1.66. The quantitative estimate of drug-likeness (QED) is 0.840. The van der Waals surface area contributed by atoms with E-state index in [4.69, 9.17) is 4.74 Å². The van der Waals surface area contributed by atoms with Gasteiger partial charge in [-0.25, -0.2) is 9.97 Å². The van der Waals surface area contributed by atoms with Crippen LogP contribution in [-0.4, -0.2) is 9.97 Å². The zero-order valence-corrected chi connectivity index (χ0v) is 10.7. The monoisotopic (exact) mass is 328 g/mol. The maximum atomic E-state index is 5.55. The molecule has 0 fully saturated rings. The number of nitrogens with zero attached hydrogens (tertiary/aromatic N) is 2. The highest BCUT2D eigenvalue weighted by Crippen LogP contribution is 2.26. The van der Waals surface area contributed by atoms with E-state index in [9.17, 15) is 0 Å². The minimum absolute atomic E-state index is 0.507. The SMILES string of the molecule is Brc1ccc(Oc2ncncc2Br)cc1. The van der Waals surface area contributed by atoms with Gasteiger partial charge in [0.25, 0.3) is 0 Å². The average Bonchev–Trinajstić information content (AvgIpc) is 2.25. The van der Waals surface area contributed by atoms with Crippen molar-refractivity contribution < 1.29 is 4.74 Å². The molecule has 1 heterocycles. The summed E-state index contributed by atoms with van der Waals surface area (Å²) < 4.78 is 7.29. The van der Waals surface area contributed by atoms with Gasteiger partial charge in [0.15, 0.2) is 0 Å². The molecule has 1 aromatic heterocycles. The van der Waals surface area contributed by atoms with Gasteiger partial charge in [0.1, 0.15) is 12.1 Å². The average molecular weight is 330 g/mol. The summed E-state index contributed by atoms with van der Waals surface area (Å²) in [6.07, 6.45) is 3.08. The van der Waals surface area contributed by atoms with Gasteiger partial charge >= 0.3 is 0 Å². The normalized spacial score (nSPS) is 10.0. The zero-order chi connectivity index (χ0) is 10.7. The minimum Gasteiger partial charge on any atom is -0.438 e. The van der Waals surface area contributed by atoms with E-state index in [1.54, 1.807) is 6.20 Å². The Morgan fingerprint density at radius 2 is 1.80 bits per heavy atom. The Morgan fingerprint density at radius 1 is 1.07 bits per heavy atom. The third kappa shape index (κ3) is 2.76. The van der Waals surface area contributed by atoms with Gasteiger partial charge in [-0.3, -0.25) is 0 Å². The van der Waals surface area contributed by atoms with Crippen molar-refractivity contribution in [3.8, 4) is 11.6 Å². The largest absolute Gasteiger partial charge is 0.438 e. The minimum atomic E-state index is 0.507. The van der Waals surface area contributed by atoms with Crippen molar-refractivity contribution in [2.45, 2.75) is 0 Å². The number of benzene rings is 1. The number of aromatic nitrogens is 2. The van der Waals surface area contributed by atoms with Crippen molar-refractivity contribution in [3.63, 3.8) is 0 Å². The second-order valence-electron chi connectivity index (χ2n) is 2.73. The fraction of sp³-hybridized carbons (Fsp3) is 0. The zero-order valence-electron chi connectivity index (χ0n) is 7.52. The summed E-state index contributed by atoms with van der Waals surface area (Å²) in [5.41, 5.74) is 0. The Morgan fingerprint density at radius 3 is 2.47 bits per heavy atom.